The standard InChI is InChI=1S/C31H33N7/c1-23-10-9-15-27(24(23)2)37-20-18-36(19-21-37)17-16-32-29-28-31(34-22-33-29)38(26-13-7-4-8-14-26)30(35-28)25-11-5-3-6-12-25/h3-15,22H,16-21H2,1-2H3,(H,32,33,34). The monoisotopic (exact) mass is 503 g/mol. The number of benzene rings is 3. The minimum atomic E-state index is 0.774. The average Bonchev–Trinajstić information content (AvgIpc) is 3.37. The Morgan fingerprint density at radius 1 is 0.789 bits per heavy atom. The van der Waals surface area contributed by atoms with E-state index < -0.39 is 0 Å². The van der Waals surface area contributed by atoms with Crippen LogP contribution in [0.4, 0.5) is 11.5 Å². The quantitative estimate of drug-likeness (QED) is 0.324. The summed E-state index contributed by atoms with van der Waals surface area (Å²) in [5.74, 6) is 1.63. The van der Waals surface area contributed by atoms with Crippen molar-refractivity contribution in [2.75, 3.05) is 49.5 Å². The lowest BCUT2D eigenvalue weighted by Gasteiger charge is -2.37. The van der Waals surface area contributed by atoms with Crippen molar-refractivity contribution in [1.82, 2.24) is 24.4 Å². The summed E-state index contributed by atoms with van der Waals surface area (Å²) in [6.07, 6.45) is 1.63. The van der Waals surface area contributed by atoms with Gasteiger partial charge in [0.1, 0.15) is 12.2 Å². The van der Waals surface area contributed by atoms with Crippen molar-refractivity contribution in [2.45, 2.75) is 13.8 Å². The minimum Gasteiger partial charge on any atom is -0.369 e. The number of hydrogen-bond donors (Lipinski definition) is 1. The average molecular weight is 504 g/mol. The number of nitrogens with one attached hydrogen (secondary N) is 1. The van der Waals surface area contributed by atoms with E-state index in [9.17, 15) is 0 Å². The summed E-state index contributed by atoms with van der Waals surface area (Å²) in [6, 6.07) is 27.1. The highest BCUT2D eigenvalue weighted by molar-refractivity contribution is 5.88. The Morgan fingerprint density at radius 2 is 1.53 bits per heavy atom. The van der Waals surface area contributed by atoms with Crippen LogP contribution >= 0.6 is 0 Å². The molecule has 1 aliphatic rings. The molecule has 3 aromatic carbocycles. The zero-order valence-corrected chi connectivity index (χ0v) is 22.0. The molecule has 0 atom stereocenters. The maximum absolute atomic E-state index is 5.04. The second-order valence-electron chi connectivity index (χ2n) is 9.84. The van der Waals surface area contributed by atoms with Gasteiger partial charge in [0.2, 0.25) is 0 Å². The number of para-hydroxylation sites is 1. The maximum atomic E-state index is 5.04. The van der Waals surface area contributed by atoms with Crippen LogP contribution in [-0.2, 0) is 0 Å². The van der Waals surface area contributed by atoms with E-state index in [1.807, 2.05) is 36.4 Å². The molecule has 0 amide bonds. The molecular formula is C31H33N7. The molecule has 7 nitrogen and oxygen atoms in total. The first-order valence-electron chi connectivity index (χ1n) is 13.3. The molecule has 7 heteroatoms. The largest absolute Gasteiger partial charge is 0.369 e. The van der Waals surface area contributed by atoms with E-state index in [1.165, 1.54) is 16.8 Å². The Morgan fingerprint density at radius 3 is 2.29 bits per heavy atom. The van der Waals surface area contributed by atoms with Crippen LogP contribution in [0.25, 0.3) is 28.2 Å². The first kappa shape index (κ1) is 24.1. The lowest BCUT2D eigenvalue weighted by Crippen LogP contribution is -2.47. The number of piperazine rings is 1. The highest BCUT2D eigenvalue weighted by Gasteiger charge is 2.20. The van der Waals surface area contributed by atoms with Crippen molar-refractivity contribution < 1.29 is 0 Å². The summed E-state index contributed by atoms with van der Waals surface area (Å²) in [6.45, 7) is 10.4. The molecule has 6 rings (SSSR count). The summed E-state index contributed by atoms with van der Waals surface area (Å²) in [5.41, 5.74) is 7.77. The zero-order valence-electron chi connectivity index (χ0n) is 22.0. The van der Waals surface area contributed by atoms with Crippen molar-refractivity contribution >= 4 is 22.7 Å². The van der Waals surface area contributed by atoms with Crippen LogP contribution in [0.3, 0.4) is 0 Å². The maximum Gasteiger partial charge on any atom is 0.170 e. The normalized spacial score (nSPS) is 14.2. The lowest BCUT2D eigenvalue weighted by molar-refractivity contribution is 0.267. The van der Waals surface area contributed by atoms with Crippen LogP contribution in [0.2, 0.25) is 0 Å². The van der Waals surface area contributed by atoms with Gasteiger partial charge in [0.05, 0.1) is 0 Å². The van der Waals surface area contributed by atoms with Gasteiger partial charge in [-0.3, -0.25) is 9.47 Å². The SMILES string of the molecule is Cc1cccc(N2CCN(CCNc3ncnc4c3nc(-c3ccccc3)n4-c3ccccc3)CC2)c1C. The number of rotatable bonds is 7. The van der Waals surface area contributed by atoms with Crippen LogP contribution in [0.1, 0.15) is 11.1 Å². The van der Waals surface area contributed by atoms with Crippen molar-refractivity contribution in [1.29, 1.82) is 0 Å². The summed E-state index contributed by atoms with van der Waals surface area (Å²) < 4.78 is 2.12. The summed E-state index contributed by atoms with van der Waals surface area (Å²) in [5, 5.41) is 3.56. The van der Waals surface area contributed by atoms with Gasteiger partial charge in [-0.25, -0.2) is 15.0 Å². The highest BCUT2D eigenvalue weighted by atomic mass is 15.3. The molecule has 0 radical (unpaired) electrons. The number of aromatic nitrogens is 4. The van der Waals surface area contributed by atoms with Gasteiger partial charge >= 0.3 is 0 Å². The molecule has 1 fully saturated rings. The molecule has 0 unspecified atom stereocenters. The van der Waals surface area contributed by atoms with Crippen LogP contribution in [0.15, 0.2) is 85.2 Å². The van der Waals surface area contributed by atoms with Crippen LogP contribution in [0.5, 0.6) is 0 Å². The summed E-state index contributed by atoms with van der Waals surface area (Å²) in [7, 11) is 0. The molecule has 5 aromatic rings. The lowest BCUT2D eigenvalue weighted by atomic mass is 10.1. The van der Waals surface area contributed by atoms with Crippen LogP contribution < -0.4 is 10.2 Å². The molecular weight excluding hydrogens is 470 g/mol. The first-order chi connectivity index (χ1) is 18.7. The van der Waals surface area contributed by atoms with Crippen LogP contribution in [0, 0.1) is 13.8 Å². The summed E-state index contributed by atoms with van der Waals surface area (Å²) >= 11 is 0. The predicted molar refractivity (Wildman–Crippen MR) is 155 cm³/mol. The smallest absolute Gasteiger partial charge is 0.170 e. The Labute approximate surface area is 223 Å². The Balaban J connectivity index is 1.18. The molecule has 192 valence electrons. The van der Waals surface area contributed by atoms with Crippen LogP contribution in [-0.4, -0.2) is 63.7 Å². The number of nitrogens with zero attached hydrogens (tertiary/aromatic N) is 6. The van der Waals surface area contributed by atoms with Gasteiger partial charge in [0.15, 0.2) is 17.0 Å². The van der Waals surface area contributed by atoms with E-state index in [1.54, 1.807) is 6.33 Å². The number of imidazole rings is 1. The molecule has 38 heavy (non-hydrogen) atoms. The minimum absolute atomic E-state index is 0.774. The molecule has 3 heterocycles. The number of aryl methyl sites for hydroxylation is 1. The van der Waals surface area contributed by atoms with E-state index in [0.717, 1.165) is 73.3 Å². The molecule has 2 aromatic heterocycles. The third kappa shape index (κ3) is 4.73. The van der Waals surface area contributed by atoms with E-state index in [4.69, 9.17) is 4.98 Å². The fourth-order valence-electron chi connectivity index (χ4n) is 5.25. The van der Waals surface area contributed by atoms with Gasteiger partial charge in [0.25, 0.3) is 0 Å². The van der Waals surface area contributed by atoms with Crippen molar-refractivity contribution in [3.05, 3.63) is 96.3 Å². The third-order valence-corrected chi connectivity index (χ3v) is 7.50. The predicted octanol–water partition coefficient (Wildman–Crippen LogP) is 5.33. The number of anilines is 2. The molecule has 0 spiro atoms. The van der Waals surface area contributed by atoms with Gasteiger partial charge < -0.3 is 10.2 Å². The van der Waals surface area contributed by atoms with E-state index in [2.05, 4.69) is 86.0 Å². The fourth-order valence-corrected chi connectivity index (χ4v) is 5.25. The van der Waals surface area contributed by atoms with Gasteiger partial charge in [0, 0.05) is 56.2 Å². The number of hydrogen-bond acceptors (Lipinski definition) is 6. The molecule has 1 saturated heterocycles. The van der Waals surface area contributed by atoms with Gasteiger partial charge in [-0.05, 0) is 43.2 Å². The Kier molecular flexibility index (Phi) is 6.75. The first-order valence-corrected chi connectivity index (χ1v) is 13.3. The van der Waals surface area contributed by atoms with E-state index in [-0.39, 0.29) is 0 Å². The highest BCUT2D eigenvalue weighted by Crippen LogP contribution is 2.30. The van der Waals surface area contributed by atoms with Crippen molar-refractivity contribution in [3.8, 4) is 17.1 Å². The summed E-state index contributed by atoms with van der Waals surface area (Å²) in [4.78, 5) is 19.3. The number of fused-ring (bicyclic) bond motifs is 1. The van der Waals surface area contributed by atoms with Crippen molar-refractivity contribution in [2.24, 2.45) is 0 Å². The Bertz CT molecular complexity index is 1520. The van der Waals surface area contributed by atoms with Gasteiger partial charge in [-0.1, -0.05) is 60.7 Å². The molecule has 0 aliphatic carbocycles. The van der Waals surface area contributed by atoms with E-state index >= 15 is 0 Å². The molecule has 0 saturated carbocycles. The Hall–Kier alpha value is -4.23. The van der Waals surface area contributed by atoms with Gasteiger partial charge in [-0.2, -0.15) is 0 Å². The third-order valence-electron chi connectivity index (χ3n) is 7.50. The molecule has 0 bridgehead atoms. The van der Waals surface area contributed by atoms with Gasteiger partial charge in [-0.15, -0.1) is 0 Å². The second kappa shape index (κ2) is 10.6. The molecule has 1 N–H and O–H groups in total. The van der Waals surface area contributed by atoms with E-state index in [0.29, 0.717) is 0 Å². The zero-order chi connectivity index (χ0) is 25.9. The topological polar surface area (TPSA) is 62.1 Å². The fraction of sp³-hybridized carbons (Fsp3) is 0.258. The molecule has 1 aliphatic heterocycles. The van der Waals surface area contributed by atoms with Crippen molar-refractivity contribution in [3.63, 3.8) is 0 Å². The second-order valence-corrected chi connectivity index (χ2v) is 9.84.